The molecule has 15 heavy (non-hydrogen) atoms. The summed E-state index contributed by atoms with van der Waals surface area (Å²) in [7, 11) is 0. The minimum atomic E-state index is -1.37. The minimum absolute atomic E-state index is 0.221. The van der Waals surface area contributed by atoms with Crippen molar-refractivity contribution in [2.75, 3.05) is 0 Å². The van der Waals surface area contributed by atoms with E-state index in [1.165, 1.54) is 0 Å². The molecule has 0 amide bonds. The molecule has 0 aliphatic carbocycles. The topological polar surface area (TPSA) is 9.23 Å². The zero-order valence-corrected chi connectivity index (χ0v) is 11.1. The maximum absolute atomic E-state index is 5.73. The molecule has 0 aliphatic rings. The maximum atomic E-state index is 5.73. The monoisotopic (exact) mass is 266 g/mol. The van der Waals surface area contributed by atoms with Gasteiger partial charge in [0.25, 0.3) is 0 Å². The highest BCUT2D eigenvalue weighted by Crippen LogP contribution is 2.38. The Morgan fingerprint density at radius 1 is 0.933 bits per heavy atom. The summed E-state index contributed by atoms with van der Waals surface area (Å²) < 4.78 is 4.27. The van der Waals surface area contributed by atoms with E-state index < -0.39 is 3.79 Å². The molecule has 4 heteroatoms. The molecular weight excluding hydrogens is 254 g/mol. The van der Waals surface area contributed by atoms with Crippen molar-refractivity contribution in [2.24, 2.45) is 0 Å². The number of hydrogen-bond acceptors (Lipinski definition) is 1. The maximum Gasteiger partial charge on any atom is 0.216 e. The van der Waals surface area contributed by atoms with Gasteiger partial charge in [-0.3, -0.25) is 0 Å². The average Bonchev–Trinajstić information content (AvgIpc) is 2.00. The van der Waals surface area contributed by atoms with Crippen LogP contribution in [0.3, 0.4) is 0 Å². The van der Waals surface area contributed by atoms with Crippen LogP contribution in [0.2, 0.25) is 0 Å². The molecule has 0 bridgehead atoms. The highest BCUT2D eigenvalue weighted by atomic mass is 35.6. The van der Waals surface area contributed by atoms with Gasteiger partial charge in [0.05, 0.1) is 0 Å². The molecule has 84 valence electrons. The number of halogens is 3. The molecular formula is C11H13Cl3O. The molecule has 0 spiro atoms. The number of hydrogen-bond donors (Lipinski definition) is 0. The predicted octanol–water partition coefficient (Wildman–Crippen LogP) is 4.69. The van der Waals surface area contributed by atoms with Gasteiger partial charge in [0.1, 0.15) is 11.4 Å². The third-order valence-corrected chi connectivity index (χ3v) is 2.26. The second-order valence-corrected chi connectivity index (χ2v) is 6.52. The molecule has 1 nitrogen and oxygen atoms in total. The fourth-order valence-corrected chi connectivity index (χ4v) is 1.44. The van der Waals surface area contributed by atoms with Crippen molar-refractivity contribution in [1.29, 1.82) is 0 Å². The highest BCUT2D eigenvalue weighted by Gasteiger charge is 2.22. The molecule has 0 aliphatic heterocycles. The van der Waals surface area contributed by atoms with Gasteiger partial charge in [-0.15, -0.1) is 0 Å². The summed E-state index contributed by atoms with van der Waals surface area (Å²) in [6.45, 7) is 5.95. The van der Waals surface area contributed by atoms with Gasteiger partial charge in [-0.05, 0) is 32.9 Å². The van der Waals surface area contributed by atoms with Crippen LogP contribution in [-0.4, -0.2) is 5.60 Å². The number of rotatable bonds is 1. The molecule has 0 heterocycles. The minimum Gasteiger partial charge on any atom is -0.488 e. The van der Waals surface area contributed by atoms with Crippen molar-refractivity contribution in [1.82, 2.24) is 0 Å². The first kappa shape index (κ1) is 13.0. The van der Waals surface area contributed by atoms with E-state index >= 15 is 0 Å². The van der Waals surface area contributed by atoms with Gasteiger partial charge in [0, 0.05) is 5.56 Å². The highest BCUT2D eigenvalue weighted by molar-refractivity contribution is 6.66. The lowest BCUT2D eigenvalue weighted by atomic mass is 10.2. The second-order valence-electron chi connectivity index (χ2n) is 4.24. The zero-order chi connectivity index (χ0) is 11.7. The van der Waals surface area contributed by atoms with Crippen LogP contribution in [0.25, 0.3) is 0 Å². The summed E-state index contributed by atoms with van der Waals surface area (Å²) >= 11 is 17.2. The Bertz CT molecular complexity index is 319. The van der Waals surface area contributed by atoms with E-state index in [4.69, 9.17) is 39.5 Å². The Morgan fingerprint density at radius 2 is 1.40 bits per heavy atom. The van der Waals surface area contributed by atoms with Crippen LogP contribution in [0.5, 0.6) is 5.75 Å². The quantitative estimate of drug-likeness (QED) is 0.671. The van der Waals surface area contributed by atoms with Crippen LogP contribution < -0.4 is 4.74 Å². The van der Waals surface area contributed by atoms with Crippen LogP contribution in [-0.2, 0) is 3.79 Å². The van der Waals surface area contributed by atoms with Crippen molar-refractivity contribution in [2.45, 2.75) is 30.2 Å². The van der Waals surface area contributed by atoms with Gasteiger partial charge in [0.2, 0.25) is 3.79 Å². The Morgan fingerprint density at radius 3 is 1.73 bits per heavy atom. The van der Waals surface area contributed by atoms with Gasteiger partial charge < -0.3 is 4.74 Å². The van der Waals surface area contributed by atoms with Crippen molar-refractivity contribution in [3.8, 4) is 5.75 Å². The first-order chi connectivity index (χ1) is 6.68. The molecule has 0 aromatic heterocycles. The Balaban J connectivity index is 2.82. The molecule has 0 saturated carbocycles. The second kappa shape index (κ2) is 4.40. The van der Waals surface area contributed by atoms with E-state index in [1.807, 2.05) is 20.8 Å². The van der Waals surface area contributed by atoms with Crippen molar-refractivity contribution in [3.63, 3.8) is 0 Å². The van der Waals surface area contributed by atoms with Gasteiger partial charge in [-0.25, -0.2) is 0 Å². The van der Waals surface area contributed by atoms with Crippen LogP contribution in [0.15, 0.2) is 24.3 Å². The van der Waals surface area contributed by atoms with Crippen LogP contribution >= 0.6 is 34.8 Å². The largest absolute Gasteiger partial charge is 0.488 e. The SMILES string of the molecule is CC(C)(C)Oc1ccc(C(Cl)(Cl)Cl)cc1. The van der Waals surface area contributed by atoms with Crippen molar-refractivity contribution < 1.29 is 4.74 Å². The average molecular weight is 268 g/mol. The van der Waals surface area contributed by atoms with Crippen LogP contribution in [0.1, 0.15) is 26.3 Å². The van der Waals surface area contributed by atoms with Crippen LogP contribution in [0, 0.1) is 0 Å². The Hall–Kier alpha value is -0.110. The normalized spacial score (nSPS) is 12.7. The molecule has 1 rings (SSSR count). The Labute approximate surface area is 105 Å². The Kier molecular flexibility index (Phi) is 3.80. The molecule has 0 saturated heterocycles. The van der Waals surface area contributed by atoms with Gasteiger partial charge in [0.15, 0.2) is 0 Å². The summed E-state index contributed by atoms with van der Waals surface area (Å²) in [5, 5.41) is 0. The lowest BCUT2D eigenvalue weighted by Crippen LogP contribution is -2.22. The fourth-order valence-electron chi connectivity index (χ4n) is 1.07. The van der Waals surface area contributed by atoms with Crippen LogP contribution in [0.4, 0.5) is 0 Å². The first-order valence-corrected chi connectivity index (χ1v) is 5.68. The number of benzene rings is 1. The first-order valence-electron chi connectivity index (χ1n) is 4.55. The molecule has 0 fully saturated rings. The van der Waals surface area contributed by atoms with Crippen molar-refractivity contribution in [3.05, 3.63) is 29.8 Å². The van der Waals surface area contributed by atoms with E-state index in [1.54, 1.807) is 24.3 Å². The molecule has 1 aromatic carbocycles. The molecule has 1 aromatic rings. The van der Waals surface area contributed by atoms with E-state index in [0.29, 0.717) is 5.56 Å². The van der Waals surface area contributed by atoms with Crippen molar-refractivity contribution >= 4 is 34.8 Å². The summed E-state index contributed by atoms with van der Waals surface area (Å²) in [5.74, 6) is 0.764. The summed E-state index contributed by atoms with van der Waals surface area (Å²) in [4.78, 5) is 0. The fraction of sp³-hybridized carbons (Fsp3) is 0.455. The lowest BCUT2D eigenvalue weighted by Gasteiger charge is -2.21. The van der Waals surface area contributed by atoms with Gasteiger partial charge in [-0.2, -0.15) is 0 Å². The van der Waals surface area contributed by atoms with E-state index in [0.717, 1.165) is 5.75 Å². The molecule has 0 N–H and O–H groups in total. The standard InChI is InChI=1S/C11H13Cl3O/c1-10(2,3)15-9-6-4-8(5-7-9)11(12,13)14/h4-7H,1-3H3. The molecule has 0 atom stereocenters. The van der Waals surface area contributed by atoms with Gasteiger partial charge >= 0.3 is 0 Å². The molecule has 0 radical (unpaired) electrons. The lowest BCUT2D eigenvalue weighted by molar-refractivity contribution is 0.131. The summed E-state index contributed by atoms with van der Waals surface area (Å²) in [5.41, 5.74) is 0.412. The third-order valence-electron chi connectivity index (χ3n) is 1.61. The summed E-state index contributed by atoms with van der Waals surface area (Å²) in [6.07, 6.45) is 0. The van der Waals surface area contributed by atoms with E-state index in [-0.39, 0.29) is 5.60 Å². The number of alkyl halides is 3. The predicted molar refractivity (Wildman–Crippen MR) is 66.1 cm³/mol. The zero-order valence-electron chi connectivity index (χ0n) is 8.85. The third kappa shape index (κ3) is 4.50. The summed E-state index contributed by atoms with van der Waals surface area (Å²) in [6, 6.07) is 7.08. The smallest absolute Gasteiger partial charge is 0.216 e. The number of ether oxygens (including phenoxy) is 1. The van der Waals surface area contributed by atoms with Gasteiger partial charge in [-0.1, -0.05) is 46.9 Å². The van der Waals surface area contributed by atoms with E-state index in [2.05, 4.69) is 0 Å². The van der Waals surface area contributed by atoms with E-state index in [9.17, 15) is 0 Å². The molecule has 0 unspecified atom stereocenters.